The smallest absolute Gasteiger partial charge is 0.430 e. The van der Waals surface area contributed by atoms with Gasteiger partial charge in [-0.05, 0) is 47.0 Å². The third-order valence-electron chi connectivity index (χ3n) is 8.01. The number of ether oxygens (including phenoxy) is 2. The van der Waals surface area contributed by atoms with E-state index in [0.717, 1.165) is 33.6 Å². The topological polar surface area (TPSA) is 204 Å². The molecule has 0 aliphatic carbocycles. The number of phosphoric acid groups is 1. The van der Waals surface area contributed by atoms with Crippen LogP contribution < -0.4 is 10.6 Å². The summed E-state index contributed by atoms with van der Waals surface area (Å²) in [6, 6.07) is -0.0464. The number of unbranched alkanes of at least 4 members (excludes halogenated alkanes) is 1. The fourth-order valence-electron chi connectivity index (χ4n) is 5.03. The van der Waals surface area contributed by atoms with Gasteiger partial charge in [0.2, 0.25) is 5.79 Å². The van der Waals surface area contributed by atoms with Crippen molar-refractivity contribution in [1.29, 1.82) is 0 Å². The van der Waals surface area contributed by atoms with Crippen molar-refractivity contribution in [3.63, 3.8) is 0 Å². The minimum atomic E-state index is -4.98. The quantitative estimate of drug-likeness (QED) is 0.118. The fourth-order valence-corrected chi connectivity index (χ4v) is 7.02. The van der Waals surface area contributed by atoms with Crippen molar-refractivity contribution in [2.45, 2.75) is 112 Å². The molecule has 3 heterocycles. The van der Waals surface area contributed by atoms with Gasteiger partial charge in [0.25, 0.3) is 0 Å². The van der Waals surface area contributed by atoms with Gasteiger partial charge in [0.05, 0.1) is 18.0 Å². The Bertz CT molecular complexity index is 910. The van der Waals surface area contributed by atoms with E-state index in [1.54, 1.807) is 11.8 Å². The lowest BCUT2D eigenvalue weighted by Crippen LogP contribution is -2.85. The molecule has 0 spiro atoms. The molecule has 1 unspecified atom stereocenters. The number of carbonyl (C=O) groups is 2. The summed E-state index contributed by atoms with van der Waals surface area (Å²) in [6.45, 7) is 4.94. The molecule has 3 saturated heterocycles. The number of urea groups is 1. The molecule has 3 rings (SSSR count). The van der Waals surface area contributed by atoms with Gasteiger partial charge in [0.1, 0.15) is 16.8 Å². The van der Waals surface area contributed by atoms with Gasteiger partial charge in [0, 0.05) is 18.6 Å². The van der Waals surface area contributed by atoms with Crippen LogP contribution >= 0.6 is 19.6 Å². The molecular weight excluding hydrogens is 519 g/mol. The molecule has 0 bridgehead atoms. The first-order valence-electron chi connectivity index (χ1n) is 11.8. The van der Waals surface area contributed by atoms with Crippen molar-refractivity contribution in [2.75, 3.05) is 6.61 Å². The van der Waals surface area contributed by atoms with Gasteiger partial charge in [-0.3, -0.25) is 9.32 Å². The van der Waals surface area contributed by atoms with E-state index in [2.05, 4.69) is 15.2 Å². The highest BCUT2D eigenvalue weighted by Gasteiger charge is 2.75. The van der Waals surface area contributed by atoms with Crippen molar-refractivity contribution in [3.05, 3.63) is 0 Å². The Labute approximate surface area is 213 Å². The van der Waals surface area contributed by atoms with Crippen LogP contribution in [0.2, 0.25) is 0 Å². The third-order valence-corrected chi connectivity index (χ3v) is 10.0. The van der Waals surface area contributed by atoms with Gasteiger partial charge >= 0.3 is 19.8 Å². The van der Waals surface area contributed by atoms with E-state index in [0.29, 0.717) is 18.1 Å². The number of phosphoric ester groups is 1. The van der Waals surface area contributed by atoms with Gasteiger partial charge in [-0.25, -0.2) is 9.36 Å². The highest BCUT2D eigenvalue weighted by Crippen LogP contribution is 2.55. The lowest BCUT2D eigenvalue weighted by molar-refractivity contribution is -0.447. The highest BCUT2D eigenvalue weighted by atomic mass is 32.2. The number of carbonyl (C=O) groups excluding carboxylic acids is 2. The number of hydrogen-bond acceptors (Lipinski definition) is 10. The van der Waals surface area contributed by atoms with E-state index in [9.17, 15) is 29.5 Å². The maximum Gasteiger partial charge on any atom is 0.469 e. The van der Waals surface area contributed by atoms with Crippen molar-refractivity contribution >= 4 is 31.6 Å². The van der Waals surface area contributed by atoms with Crippen LogP contribution in [0.5, 0.6) is 0 Å². The number of nitrogens with one attached hydrogen (secondary N) is 2. The van der Waals surface area contributed by atoms with E-state index in [1.165, 1.54) is 13.8 Å². The Kier molecular flexibility index (Phi) is 7.94. The minimum absolute atomic E-state index is 0.0114. The summed E-state index contributed by atoms with van der Waals surface area (Å²) in [5, 5.41) is 39.7. The van der Waals surface area contributed by atoms with E-state index >= 15 is 0 Å². The number of hydrogen-bond donors (Lipinski definition) is 7. The second kappa shape index (κ2) is 9.65. The van der Waals surface area contributed by atoms with Gasteiger partial charge < -0.3 is 45.2 Å². The van der Waals surface area contributed by atoms with Crippen molar-refractivity contribution in [1.82, 2.24) is 10.6 Å². The molecule has 0 saturated carbocycles. The van der Waals surface area contributed by atoms with Crippen molar-refractivity contribution in [2.24, 2.45) is 0 Å². The maximum atomic E-state index is 12.7. The van der Waals surface area contributed by atoms with Crippen molar-refractivity contribution < 1.29 is 53.3 Å². The molecule has 0 aromatic rings. The standard InChI is InChI=1S/C21H37N2O11PS/c1-17(11-32-35(29,30)31)18(2,26)19(3,27)20(4,28)21(5,34-17)33-14(24)9-7-6-8-12-10-13-15(36-12)23-16(25)22-13/h12-13,15,26-28H,6-11H2,1-5H3,(H2,22,23,25)(H2,29,30,31)/t12?,13-,15+,17+,18+,19-,20-,21-/m0/s1. The summed E-state index contributed by atoms with van der Waals surface area (Å²) >= 11 is 1.69. The third kappa shape index (κ3) is 5.29. The van der Waals surface area contributed by atoms with Crippen LogP contribution in [-0.4, -0.2) is 88.6 Å². The zero-order chi connectivity index (χ0) is 27.4. The summed E-state index contributed by atoms with van der Waals surface area (Å²) in [6.07, 6.45) is 2.87. The SMILES string of the molecule is C[C@]1(OC(=O)CCCCC2C[C@@H]3NC(=O)N[C@@H]3S2)O[C@](C)(COP(=O)(O)O)[C@@](C)(O)[C@](C)(O)[C@]1(C)O. The predicted octanol–water partition coefficient (Wildman–Crippen LogP) is 0.470. The van der Waals surface area contributed by atoms with Gasteiger partial charge in [-0.15, -0.1) is 11.8 Å². The monoisotopic (exact) mass is 556 g/mol. The summed E-state index contributed by atoms with van der Waals surface area (Å²) in [5.74, 6) is -2.93. The fraction of sp³-hybridized carbons (Fsp3) is 0.905. The molecule has 36 heavy (non-hydrogen) atoms. The summed E-state index contributed by atoms with van der Waals surface area (Å²) in [5.41, 5.74) is -9.01. The molecule has 13 nitrogen and oxygen atoms in total. The van der Waals surface area contributed by atoms with Crippen LogP contribution in [0.1, 0.15) is 66.7 Å². The largest absolute Gasteiger partial charge is 0.469 e. The summed E-state index contributed by atoms with van der Waals surface area (Å²) < 4.78 is 27.1. The van der Waals surface area contributed by atoms with Crippen LogP contribution in [0.3, 0.4) is 0 Å². The Morgan fingerprint density at radius 3 is 2.31 bits per heavy atom. The number of rotatable bonds is 9. The zero-order valence-corrected chi connectivity index (χ0v) is 22.7. The molecule has 8 atom stereocenters. The number of thioether (sulfide) groups is 1. The Morgan fingerprint density at radius 1 is 1.08 bits per heavy atom. The molecule has 3 fully saturated rings. The minimum Gasteiger partial charge on any atom is -0.430 e. The molecule has 3 aliphatic rings. The Balaban J connectivity index is 1.61. The summed E-state index contributed by atoms with van der Waals surface area (Å²) in [7, 11) is -4.98. The molecular formula is C21H37N2O11PS. The number of esters is 1. The van der Waals surface area contributed by atoms with E-state index in [4.69, 9.17) is 19.3 Å². The second-order valence-corrected chi connectivity index (χ2v) is 13.3. The van der Waals surface area contributed by atoms with Gasteiger partial charge in [0.15, 0.2) is 5.60 Å². The first kappa shape index (κ1) is 29.6. The zero-order valence-electron chi connectivity index (χ0n) is 21.0. The van der Waals surface area contributed by atoms with E-state index in [-0.39, 0.29) is 23.9 Å². The molecule has 0 radical (unpaired) electrons. The molecule has 7 N–H and O–H groups in total. The average molecular weight is 557 g/mol. The lowest BCUT2D eigenvalue weighted by Gasteiger charge is -2.64. The van der Waals surface area contributed by atoms with Crippen LogP contribution in [0.4, 0.5) is 4.79 Å². The molecule has 3 aliphatic heterocycles. The summed E-state index contributed by atoms with van der Waals surface area (Å²) in [4.78, 5) is 42.3. The number of aliphatic hydroxyl groups is 3. The number of fused-ring (bicyclic) bond motifs is 1. The molecule has 2 amide bonds. The molecule has 15 heteroatoms. The molecule has 0 aromatic heterocycles. The Hall–Kier alpha value is -0.960. The van der Waals surface area contributed by atoms with Crippen LogP contribution in [0.15, 0.2) is 0 Å². The normalized spacial score (nSPS) is 44.6. The number of amides is 2. The lowest BCUT2D eigenvalue weighted by atomic mass is 9.61. The van der Waals surface area contributed by atoms with Gasteiger partial charge in [-0.2, -0.15) is 0 Å². The van der Waals surface area contributed by atoms with Crippen LogP contribution in [-0.2, 0) is 23.4 Å². The first-order chi connectivity index (χ1) is 16.2. The van der Waals surface area contributed by atoms with Crippen molar-refractivity contribution in [3.8, 4) is 0 Å². The van der Waals surface area contributed by atoms with E-state index in [1.807, 2.05) is 0 Å². The maximum absolute atomic E-state index is 12.7. The highest BCUT2D eigenvalue weighted by molar-refractivity contribution is 8.00. The average Bonchev–Trinajstić information content (AvgIpc) is 3.24. The van der Waals surface area contributed by atoms with Crippen LogP contribution in [0.25, 0.3) is 0 Å². The van der Waals surface area contributed by atoms with Gasteiger partial charge in [-0.1, -0.05) is 6.42 Å². The first-order valence-corrected chi connectivity index (χ1v) is 14.2. The second-order valence-electron chi connectivity index (χ2n) is 10.6. The molecule has 208 valence electrons. The van der Waals surface area contributed by atoms with E-state index < -0.39 is 48.6 Å². The molecule has 0 aromatic carbocycles. The Morgan fingerprint density at radius 2 is 1.72 bits per heavy atom. The predicted molar refractivity (Wildman–Crippen MR) is 128 cm³/mol. The van der Waals surface area contributed by atoms with Crippen LogP contribution in [0, 0.1) is 0 Å².